The molecule has 0 aliphatic heterocycles. The number of carbonyl (C=O) groups excluding carboxylic acids is 1. The zero-order valence-corrected chi connectivity index (χ0v) is 12.0. The molecule has 2 aromatic rings. The quantitative estimate of drug-likeness (QED) is 0.834. The molecule has 1 unspecified atom stereocenters. The second kappa shape index (κ2) is 7.09. The monoisotopic (exact) mass is 307 g/mol. The van der Waals surface area contributed by atoms with E-state index in [0.717, 1.165) is 17.7 Å². The molecule has 0 radical (unpaired) electrons. The summed E-state index contributed by atoms with van der Waals surface area (Å²) >= 11 is 5.88. The van der Waals surface area contributed by atoms with Crippen LogP contribution in [0.1, 0.15) is 15.9 Å². The fraction of sp³-hybridized carbons (Fsp3) is 0.188. The SMILES string of the molecule is O=C(NC(CCl)Cc1ccccc1)c1ccc(F)cc1O. The van der Waals surface area contributed by atoms with Crippen LogP contribution in [0, 0.1) is 5.82 Å². The van der Waals surface area contributed by atoms with Gasteiger partial charge in [-0.05, 0) is 24.1 Å². The first-order valence-corrected chi connectivity index (χ1v) is 7.03. The Morgan fingerprint density at radius 1 is 1.24 bits per heavy atom. The average Bonchev–Trinajstić information content (AvgIpc) is 2.47. The van der Waals surface area contributed by atoms with E-state index in [1.807, 2.05) is 30.3 Å². The van der Waals surface area contributed by atoms with Gasteiger partial charge in [-0.1, -0.05) is 30.3 Å². The van der Waals surface area contributed by atoms with Crippen molar-refractivity contribution in [3.05, 3.63) is 65.5 Å². The number of hydrogen-bond acceptors (Lipinski definition) is 2. The molecule has 2 aromatic carbocycles. The summed E-state index contributed by atoms with van der Waals surface area (Å²) < 4.78 is 12.9. The zero-order valence-electron chi connectivity index (χ0n) is 11.2. The predicted octanol–water partition coefficient (Wildman–Crippen LogP) is 3.11. The highest BCUT2D eigenvalue weighted by molar-refractivity contribution is 6.18. The number of phenolic OH excluding ortho intramolecular Hbond substituents is 1. The van der Waals surface area contributed by atoms with Gasteiger partial charge < -0.3 is 10.4 Å². The number of carbonyl (C=O) groups is 1. The number of nitrogens with one attached hydrogen (secondary N) is 1. The summed E-state index contributed by atoms with van der Waals surface area (Å²) in [5.74, 6) is -1.22. The van der Waals surface area contributed by atoms with Crippen LogP contribution in [0.15, 0.2) is 48.5 Å². The average molecular weight is 308 g/mol. The van der Waals surface area contributed by atoms with Gasteiger partial charge in [0.05, 0.1) is 5.56 Å². The first-order valence-electron chi connectivity index (χ1n) is 6.49. The van der Waals surface area contributed by atoms with Gasteiger partial charge in [-0.2, -0.15) is 0 Å². The normalized spacial score (nSPS) is 11.9. The van der Waals surface area contributed by atoms with Gasteiger partial charge in [0, 0.05) is 18.0 Å². The predicted molar refractivity (Wildman–Crippen MR) is 80.2 cm³/mol. The van der Waals surface area contributed by atoms with Crippen molar-refractivity contribution in [2.45, 2.75) is 12.5 Å². The molecule has 0 saturated carbocycles. The van der Waals surface area contributed by atoms with E-state index in [1.165, 1.54) is 6.07 Å². The lowest BCUT2D eigenvalue weighted by molar-refractivity contribution is 0.0938. The molecular weight excluding hydrogens is 293 g/mol. The van der Waals surface area contributed by atoms with Gasteiger partial charge >= 0.3 is 0 Å². The number of alkyl halides is 1. The second-order valence-electron chi connectivity index (χ2n) is 4.68. The fourth-order valence-corrected chi connectivity index (χ4v) is 2.19. The van der Waals surface area contributed by atoms with Crippen molar-refractivity contribution in [3.63, 3.8) is 0 Å². The van der Waals surface area contributed by atoms with E-state index in [9.17, 15) is 14.3 Å². The minimum absolute atomic E-state index is 0.0274. The molecule has 21 heavy (non-hydrogen) atoms. The van der Waals surface area contributed by atoms with Crippen molar-refractivity contribution in [3.8, 4) is 5.75 Å². The fourth-order valence-electron chi connectivity index (χ4n) is 2.00. The first-order chi connectivity index (χ1) is 10.1. The van der Waals surface area contributed by atoms with Gasteiger partial charge in [-0.25, -0.2) is 4.39 Å². The Morgan fingerprint density at radius 2 is 1.95 bits per heavy atom. The van der Waals surface area contributed by atoms with E-state index in [0.29, 0.717) is 6.42 Å². The molecule has 5 heteroatoms. The highest BCUT2D eigenvalue weighted by Crippen LogP contribution is 2.18. The number of hydrogen-bond donors (Lipinski definition) is 2. The Labute approximate surface area is 127 Å². The molecule has 2 N–H and O–H groups in total. The summed E-state index contributed by atoms with van der Waals surface area (Å²) in [6, 6.07) is 12.6. The van der Waals surface area contributed by atoms with Crippen molar-refractivity contribution in [2.24, 2.45) is 0 Å². The van der Waals surface area contributed by atoms with E-state index in [1.54, 1.807) is 0 Å². The Balaban J connectivity index is 2.06. The highest BCUT2D eigenvalue weighted by atomic mass is 35.5. The maximum atomic E-state index is 12.9. The highest BCUT2D eigenvalue weighted by Gasteiger charge is 2.16. The van der Waals surface area contributed by atoms with Crippen molar-refractivity contribution < 1.29 is 14.3 Å². The van der Waals surface area contributed by atoms with E-state index in [4.69, 9.17) is 11.6 Å². The third-order valence-electron chi connectivity index (χ3n) is 3.05. The Morgan fingerprint density at radius 3 is 2.57 bits per heavy atom. The lowest BCUT2D eigenvalue weighted by atomic mass is 10.1. The summed E-state index contributed by atoms with van der Waals surface area (Å²) in [6.07, 6.45) is 0.581. The summed E-state index contributed by atoms with van der Waals surface area (Å²) in [7, 11) is 0. The number of aromatic hydroxyl groups is 1. The first kappa shape index (κ1) is 15.3. The number of benzene rings is 2. The minimum atomic E-state index is -0.595. The summed E-state index contributed by atoms with van der Waals surface area (Å²) in [6.45, 7) is 0. The molecule has 1 amide bonds. The number of halogens is 2. The van der Waals surface area contributed by atoms with Crippen LogP contribution in [-0.2, 0) is 6.42 Å². The van der Waals surface area contributed by atoms with E-state index in [-0.39, 0.29) is 23.2 Å². The van der Waals surface area contributed by atoms with E-state index < -0.39 is 11.7 Å². The van der Waals surface area contributed by atoms with Crippen LogP contribution in [0.25, 0.3) is 0 Å². The summed E-state index contributed by atoms with van der Waals surface area (Å²) in [5, 5.41) is 12.3. The lowest BCUT2D eigenvalue weighted by Gasteiger charge is -2.16. The maximum Gasteiger partial charge on any atom is 0.255 e. The van der Waals surface area contributed by atoms with Crippen molar-refractivity contribution in [1.82, 2.24) is 5.32 Å². The third kappa shape index (κ3) is 4.20. The van der Waals surface area contributed by atoms with Crippen LogP contribution in [0.3, 0.4) is 0 Å². The van der Waals surface area contributed by atoms with Crippen LogP contribution in [0.5, 0.6) is 5.75 Å². The molecule has 110 valence electrons. The van der Waals surface area contributed by atoms with Crippen LogP contribution in [0.2, 0.25) is 0 Å². The van der Waals surface area contributed by atoms with Crippen LogP contribution in [-0.4, -0.2) is 22.9 Å². The number of amides is 1. The van der Waals surface area contributed by atoms with E-state index in [2.05, 4.69) is 5.32 Å². The molecule has 0 fully saturated rings. The Hall–Kier alpha value is -2.07. The molecular formula is C16H15ClFNO2. The molecule has 0 aliphatic carbocycles. The molecule has 1 atom stereocenters. The molecule has 0 bridgehead atoms. The molecule has 2 rings (SSSR count). The van der Waals surface area contributed by atoms with Crippen LogP contribution >= 0.6 is 11.6 Å². The molecule has 0 aromatic heterocycles. The second-order valence-corrected chi connectivity index (χ2v) is 4.98. The molecule has 0 spiro atoms. The minimum Gasteiger partial charge on any atom is -0.507 e. The Bertz CT molecular complexity index is 619. The molecule has 3 nitrogen and oxygen atoms in total. The Kier molecular flexibility index (Phi) is 5.17. The van der Waals surface area contributed by atoms with Crippen molar-refractivity contribution in [1.29, 1.82) is 0 Å². The van der Waals surface area contributed by atoms with Crippen molar-refractivity contribution >= 4 is 17.5 Å². The standard InChI is InChI=1S/C16H15ClFNO2/c17-10-13(8-11-4-2-1-3-5-11)19-16(21)14-7-6-12(18)9-15(14)20/h1-7,9,13,20H,8,10H2,(H,19,21). The summed E-state index contributed by atoms with van der Waals surface area (Å²) in [4.78, 5) is 12.1. The smallest absolute Gasteiger partial charge is 0.255 e. The number of phenols is 1. The van der Waals surface area contributed by atoms with Gasteiger partial charge in [0.25, 0.3) is 5.91 Å². The molecule has 0 heterocycles. The van der Waals surface area contributed by atoms with Gasteiger partial charge in [0.15, 0.2) is 0 Å². The van der Waals surface area contributed by atoms with Crippen LogP contribution in [0.4, 0.5) is 4.39 Å². The maximum absolute atomic E-state index is 12.9. The third-order valence-corrected chi connectivity index (χ3v) is 3.42. The van der Waals surface area contributed by atoms with Gasteiger partial charge in [-0.3, -0.25) is 4.79 Å². The van der Waals surface area contributed by atoms with Crippen molar-refractivity contribution in [2.75, 3.05) is 5.88 Å². The zero-order chi connectivity index (χ0) is 15.2. The van der Waals surface area contributed by atoms with Crippen LogP contribution < -0.4 is 5.32 Å². The number of rotatable bonds is 5. The topological polar surface area (TPSA) is 49.3 Å². The van der Waals surface area contributed by atoms with Gasteiger partial charge in [0.2, 0.25) is 0 Å². The van der Waals surface area contributed by atoms with Gasteiger partial charge in [0.1, 0.15) is 11.6 Å². The molecule has 0 saturated heterocycles. The van der Waals surface area contributed by atoms with E-state index >= 15 is 0 Å². The summed E-state index contributed by atoms with van der Waals surface area (Å²) in [5.41, 5.74) is 1.08. The largest absolute Gasteiger partial charge is 0.507 e. The van der Waals surface area contributed by atoms with Gasteiger partial charge in [-0.15, -0.1) is 11.6 Å². The lowest BCUT2D eigenvalue weighted by Crippen LogP contribution is -2.37. The molecule has 0 aliphatic rings.